The fourth-order valence-electron chi connectivity index (χ4n) is 2.82. The van der Waals surface area contributed by atoms with E-state index in [1.807, 2.05) is 43.9 Å². The highest BCUT2D eigenvalue weighted by molar-refractivity contribution is 9.13. The van der Waals surface area contributed by atoms with E-state index < -0.39 is 30.3 Å². The smallest absolute Gasteiger partial charge is 0.261 e. The van der Waals surface area contributed by atoms with Gasteiger partial charge in [-0.05, 0) is 75.1 Å². The number of hydrogen-bond donors (Lipinski definition) is 1. The Bertz CT molecular complexity index is 985. The first-order valence-electron chi connectivity index (χ1n) is 8.50. The highest BCUT2D eigenvalue weighted by atomic mass is 79.9. The van der Waals surface area contributed by atoms with Crippen LogP contribution in [0.3, 0.4) is 0 Å². The second-order valence-electron chi connectivity index (χ2n) is 7.41. The van der Waals surface area contributed by atoms with E-state index >= 15 is 0 Å². The summed E-state index contributed by atoms with van der Waals surface area (Å²) in [6.45, 7) is 5.96. The van der Waals surface area contributed by atoms with Crippen LogP contribution < -0.4 is 5.48 Å². The monoisotopic (exact) mass is 566 g/mol. The highest BCUT2D eigenvalue weighted by Gasteiger charge is 2.41. The van der Waals surface area contributed by atoms with Gasteiger partial charge in [-0.1, -0.05) is 24.3 Å². The SMILES string of the molecule is C[Si](C)(C)ONC(=O)[C@H]1Cc2ccccc2CN1S(=O)(=O)c1cc(Br)c(Br)s1. The number of carbonyl (C=O) groups is 1. The minimum absolute atomic E-state index is 0.136. The van der Waals surface area contributed by atoms with E-state index in [0.29, 0.717) is 14.7 Å². The Balaban J connectivity index is 1.98. The Hall–Kier alpha value is -0.563. The average molecular weight is 568 g/mol. The Morgan fingerprint density at radius 1 is 1.25 bits per heavy atom. The molecule has 1 atom stereocenters. The van der Waals surface area contributed by atoms with Gasteiger partial charge in [-0.15, -0.1) is 11.3 Å². The molecule has 2 heterocycles. The third-order valence-corrected chi connectivity index (χ3v) is 10.4. The van der Waals surface area contributed by atoms with E-state index in [1.165, 1.54) is 4.31 Å². The average Bonchev–Trinajstić information content (AvgIpc) is 2.97. The molecule has 6 nitrogen and oxygen atoms in total. The Kier molecular flexibility index (Phi) is 6.55. The molecule has 0 fully saturated rings. The molecule has 1 aromatic heterocycles. The summed E-state index contributed by atoms with van der Waals surface area (Å²) >= 11 is 7.79. The molecule has 0 saturated heterocycles. The lowest BCUT2D eigenvalue weighted by atomic mass is 9.95. The summed E-state index contributed by atoms with van der Waals surface area (Å²) < 4.78 is 35.0. The molecule has 0 aliphatic carbocycles. The van der Waals surface area contributed by atoms with E-state index in [9.17, 15) is 13.2 Å². The number of thiophene rings is 1. The first-order chi connectivity index (χ1) is 13.0. The van der Waals surface area contributed by atoms with Crippen molar-refractivity contribution in [3.8, 4) is 0 Å². The molecule has 0 bridgehead atoms. The molecule has 11 heteroatoms. The zero-order chi connectivity index (χ0) is 20.7. The van der Waals surface area contributed by atoms with Crippen LogP contribution in [0.4, 0.5) is 0 Å². The van der Waals surface area contributed by atoms with Crippen molar-refractivity contribution in [2.75, 3.05) is 0 Å². The number of nitrogens with zero attached hydrogens (tertiary/aromatic N) is 1. The maximum absolute atomic E-state index is 13.4. The van der Waals surface area contributed by atoms with Crippen molar-refractivity contribution in [1.29, 1.82) is 0 Å². The highest BCUT2D eigenvalue weighted by Crippen LogP contribution is 2.38. The van der Waals surface area contributed by atoms with Crippen molar-refractivity contribution < 1.29 is 17.7 Å². The lowest BCUT2D eigenvalue weighted by Crippen LogP contribution is -2.53. The van der Waals surface area contributed by atoms with Gasteiger partial charge in [0.2, 0.25) is 8.32 Å². The predicted molar refractivity (Wildman–Crippen MR) is 119 cm³/mol. The van der Waals surface area contributed by atoms with Crippen LogP contribution in [-0.2, 0) is 32.3 Å². The number of hydroxylamine groups is 1. The molecule has 0 saturated carbocycles. The van der Waals surface area contributed by atoms with Gasteiger partial charge in [0.05, 0.1) is 3.79 Å². The van der Waals surface area contributed by atoms with Gasteiger partial charge in [0, 0.05) is 11.0 Å². The van der Waals surface area contributed by atoms with E-state index in [-0.39, 0.29) is 10.8 Å². The number of benzene rings is 1. The molecule has 28 heavy (non-hydrogen) atoms. The Labute approximate surface area is 186 Å². The van der Waals surface area contributed by atoms with Crippen LogP contribution >= 0.6 is 43.2 Å². The molecule has 152 valence electrons. The van der Waals surface area contributed by atoms with Crippen molar-refractivity contribution in [1.82, 2.24) is 9.79 Å². The zero-order valence-corrected chi connectivity index (χ0v) is 21.3. The fourth-order valence-corrected chi connectivity index (χ4v) is 7.74. The molecule has 1 aliphatic heterocycles. The molecule has 0 radical (unpaired) electrons. The zero-order valence-electron chi connectivity index (χ0n) is 15.5. The number of amides is 1. The van der Waals surface area contributed by atoms with Gasteiger partial charge < -0.3 is 4.53 Å². The van der Waals surface area contributed by atoms with Crippen LogP contribution in [0.1, 0.15) is 11.1 Å². The van der Waals surface area contributed by atoms with Gasteiger partial charge in [0.15, 0.2) is 0 Å². The molecule has 3 rings (SSSR count). The molecule has 1 N–H and O–H groups in total. The third-order valence-electron chi connectivity index (χ3n) is 4.15. The van der Waals surface area contributed by atoms with E-state index in [0.717, 1.165) is 22.5 Å². The molecular formula is C17H20Br2N2O4S2Si. The summed E-state index contributed by atoms with van der Waals surface area (Å²) in [6, 6.07) is 8.26. The second kappa shape index (κ2) is 8.29. The standard InChI is InChI=1S/C17H20Br2N2O4S2Si/c1-28(2,3)25-20-17(22)14-8-11-6-4-5-7-12(11)10-21(14)27(23,24)15-9-13(18)16(19)26-15/h4-7,9,14H,8,10H2,1-3H3,(H,20,22)/t14-/m1/s1. The van der Waals surface area contributed by atoms with Gasteiger partial charge >= 0.3 is 0 Å². The number of hydrogen-bond acceptors (Lipinski definition) is 5. The topological polar surface area (TPSA) is 75.7 Å². The Morgan fingerprint density at radius 3 is 2.46 bits per heavy atom. The number of carbonyl (C=O) groups excluding carboxylic acids is 1. The summed E-state index contributed by atoms with van der Waals surface area (Å²) in [5.74, 6) is -0.449. The lowest BCUT2D eigenvalue weighted by Gasteiger charge is -2.35. The van der Waals surface area contributed by atoms with Gasteiger partial charge in [-0.2, -0.15) is 4.31 Å². The lowest BCUT2D eigenvalue weighted by molar-refractivity contribution is -0.132. The van der Waals surface area contributed by atoms with E-state index in [1.54, 1.807) is 6.07 Å². The van der Waals surface area contributed by atoms with Gasteiger partial charge in [-0.3, -0.25) is 4.79 Å². The first-order valence-corrected chi connectivity index (χ1v) is 15.8. The van der Waals surface area contributed by atoms with Crippen LogP contribution in [0.15, 0.2) is 42.8 Å². The summed E-state index contributed by atoms with van der Waals surface area (Å²) in [6.07, 6.45) is 0.296. The van der Waals surface area contributed by atoms with Crippen LogP contribution in [0.5, 0.6) is 0 Å². The summed E-state index contributed by atoms with van der Waals surface area (Å²) in [4.78, 5) is 12.9. The molecule has 2 aromatic rings. The number of sulfonamides is 1. The van der Waals surface area contributed by atoms with E-state index in [4.69, 9.17) is 4.53 Å². The van der Waals surface area contributed by atoms with Gasteiger partial charge in [0.25, 0.3) is 15.9 Å². The van der Waals surface area contributed by atoms with Crippen molar-refractivity contribution >= 4 is 67.4 Å². The molecule has 0 unspecified atom stereocenters. The molecular weight excluding hydrogens is 548 g/mol. The van der Waals surface area contributed by atoms with Crippen molar-refractivity contribution in [2.24, 2.45) is 0 Å². The number of nitrogens with one attached hydrogen (secondary N) is 1. The van der Waals surface area contributed by atoms with Crippen molar-refractivity contribution in [3.05, 3.63) is 49.7 Å². The first kappa shape index (κ1) is 22.1. The van der Waals surface area contributed by atoms with Crippen LogP contribution in [0, 0.1) is 0 Å². The van der Waals surface area contributed by atoms with Crippen LogP contribution in [0.25, 0.3) is 0 Å². The van der Waals surface area contributed by atoms with Gasteiger partial charge in [0.1, 0.15) is 10.3 Å². The fraction of sp³-hybridized carbons (Fsp3) is 0.353. The number of halogens is 2. The maximum atomic E-state index is 13.4. The molecule has 1 amide bonds. The van der Waals surface area contributed by atoms with Crippen molar-refractivity contribution in [3.63, 3.8) is 0 Å². The minimum atomic E-state index is -3.87. The molecule has 1 aliphatic rings. The summed E-state index contributed by atoms with van der Waals surface area (Å²) in [7, 11) is -5.87. The third kappa shape index (κ3) is 4.77. The van der Waals surface area contributed by atoms with Crippen LogP contribution in [-0.4, -0.2) is 33.0 Å². The second-order valence-corrected chi connectivity index (χ2v) is 17.2. The van der Waals surface area contributed by atoms with Gasteiger partial charge in [-0.25, -0.2) is 13.9 Å². The maximum Gasteiger partial charge on any atom is 0.261 e. The Morgan fingerprint density at radius 2 is 1.89 bits per heavy atom. The largest absolute Gasteiger partial charge is 0.320 e. The molecule has 1 aromatic carbocycles. The molecule has 0 spiro atoms. The quantitative estimate of drug-likeness (QED) is 0.432. The number of rotatable bonds is 5. The van der Waals surface area contributed by atoms with Crippen molar-refractivity contribution in [2.45, 2.75) is 42.9 Å². The van der Waals surface area contributed by atoms with Crippen LogP contribution in [0.2, 0.25) is 19.6 Å². The normalized spacial score (nSPS) is 18.0. The minimum Gasteiger partial charge on any atom is -0.320 e. The summed E-state index contributed by atoms with van der Waals surface area (Å²) in [5.41, 5.74) is 4.36. The predicted octanol–water partition coefficient (Wildman–Crippen LogP) is 4.27. The van der Waals surface area contributed by atoms with E-state index in [2.05, 4.69) is 37.3 Å². The number of fused-ring (bicyclic) bond motifs is 1. The summed E-state index contributed by atoms with van der Waals surface area (Å²) in [5, 5.41) is 0.